The van der Waals surface area contributed by atoms with Gasteiger partial charge in [-0.1, -0.05) is 51.5 Å². The molecule has 132 valence electrons. The molecule has 0 unspecified atom stereocenters. The average molecular weight is 358 g/mol. The van der Waals surface area contributed by atoms with Crippen molar-refractivity contribution >= 4 is 21.4 Å². The highest BCUT2D eigenvalue weighted by Gasteiger charge is 2.11. The van der Waals surface area contributed by atoms with Gasteiger partial charge in [0, 0.05) is 4.88 Å². The third-order valence-electron chi connectivity index (χ3n) is 2.50. The summed E-state index contributed by atoms with van der Waals surface area (Å²) < 4.78 is 25.0. The van der Waals surface area contributed by atoms with Crippen molar-refractivity contribution in [1.82, 2.24) is 4.72 Å². The molecule has 0 aromatic carbocycles. The lowest BCUT2D eigenvalue weighted by atomic mass is 10.2. The fraction of sp³-hybridized carbons (Fsp3) is 0.444. The standard InChI is InChI=1S/C9H13NO2S.C5H6S.2C2H6/c1-8-4-3-5-9(7-6-8)13(11,12)10-2;1-5-3-2-4-6-5;2*1-2/h3,5-7,10H,4H2,1-2H3;2-4H,1H3;2*1-2H3. The lowest BCUT2D eigenvalue weighted by Gasteiger charge is -2.00. The number of rotatable bonds is 2. The highest BCUT2D eigenvalue weighted by molar-refractivity contribution is 7.93. The molecule has 0 fully saturated rings. The number of aryl methyl sites for hydroxylation is 1. The Kier molecular flexibility index (Phi) is 15.1. The first-order valence-corrected chi connectivity index (χ1v) is 10.3. The smallest absolute Gasteiger partial charge is 0.214 e. The van der Waals surface area contributed by atoms with E-state index in [1.165, 1.54) is 11.9 Å². The van der Waals surface area contributed by atoms with Crippen LogP contribution in [0.1, 0.15) is 45.9 Å². The van der Waals surface area contributed by atoms with Crippen LogP contribution in [0.25, 0.3) is 0 Å². The minimum Gasteiger partial charge on any atom is -0.214 e. The van der Waals surface area contributed by atoms with Gasteiger partial charge < -0.3 is 0 Å². The van der Waals surface area contributed by atoms with E-state index in [2.05, 4.69) is 29.2 Å². The van der Waals surface area contributed by atoms with Crippen molar-refractivity contribution < 1.29 is 8.42 Å². The molecule has 1 aliphatic carbocycles. The molecule has 1 aromatic heterocycles. The second-order valence-electron chi connectivity index (χ2n) is 4.12. The molecular formula is C18H31NO2S2. The predicted octanol–water partition coefficient (Wildman–Crippen LogP) is 5.43. The van der Waals surface area contributed by atoms with Gasteiger partial charge in [0.05, 0.1) is 4.91 Å². The van der Waals surface area contributed by atoms with Crippen molar-refractivity contribution in [2.75, 3.05) is 7.05 Å². The summed E-state index contributed by atoms with van der Waals surface area (Å²) in [6.45, 7) is 12.1. The van der Waals surface area contributed by atoms with Crippen LogP contribution in [0, 0.1) is 6.92 Å². The SMILES string of the molecule is CC.CC.CNS(=O)(=O)C1=CC=C(C)CC=C1.Cc1cccs1. The molecule has 3 nitrogen and oxygen atoms in total. The molecule has 2 rings (SSSR count). The first-order valence-electron chi connectivity index (χ1n) is 7.93. The van der Waals surface area contributed by atoms with E-state index in [4.69, 9.17) is 0 Å². The van der Waals surface area contributed by atoms with Crippen molar-refractivity contribution in [3.8, 4) is 0 Å². The maximum absolute atomic E-state index is 11.4. The minimum absolute atomic E-state index is 0.312. The lowest BCUT2D eigenvalue weighted by molar-refractivity contribution is 0.595. The molecule has 0 bridgehead atoms. The highest BCUT2D eigenvalue weighted by atomic mass is 32.2. The molecule has 1 aliphatic rings. The van der Waals surface area contributed by atoms with Gasteiger partial charge in [-0.2, -0.15) is 0 Å². The summed E-state index contributed by atoms with van der Waals surface area (Å²) in [5.41, 5.74) is 1.15. The summed E-state index contributed by atoms with van der Waals surface area (Å²) in [6.07, 6.45) is 7.71. The van der Waals surface area contributed by atoms with E-state index >= 15 is 0 Å². The zero-order valence-corrected chi connectivity index (χ0v) is 17.0. The Morgan fingerprint density at radius 1 is 1.09 bits per heavy atom. The third kappa shape index (κ3) is 11.1. The zero-order valence-electron chi connectivity index (χ0n) is 15.4. The summed E-state index contributed by atoms with van der Waals surface area (Å²) in [7, 11) is -1.88. The first kappa shape index (κ1) is 24.1. The second kappa shape index (κ2) is 14.4. The van der Waals surface area contributed by atoms with Crippen LogP contribution in [0.2, 0.25) is 0 Å². The number of thiophene rings is 1. The Hall–Kier alpha value is -1.17. The van der Waals surface area contributed by atoms with Crippen LogP contribution in [0.3, 0.4) is 0 Å². The van der Waals surface area contributed by atoms with Crippen molar-refractivity contribution in [2.45, 2.75) is 48.0 Å². The van der Waals surface area contributed by atoms with Crippen LogP contribution >= 0.6 is 11.3 Å². The highest BCUT2D eigenvalue weighted by Crippen LogP contribution is 2.13. The monoisotopic (exact) mass is 357 g/mol. The summed E-state index contributed by atoms with van der Waals surface area (Å²) in [5, 5.41) is 2.08. The Bertz CT molecular complexity index is 581. The molecule has 0 amide bonds. The quantitative estimate of drug-likeness (QED) is 0.766. The largest absolute Gasteiger partial charge is 0.240 e. The van der Waals surface area contributed by atoms with E-state index < -0.39 is 10.0 Å². The number of hydrogen-bond acceptors (Lipinski definition) is 3. The molecule has 0 radical (unpaired) electrons. The Labute approximate surface area is 146 Å². The Balaban J connectivity index is 0. The van der Waals surface area contributed by atoms with Gasteiger partial charge in [0.25, 0.3) is 0 Å². The summed E-state index contributed by atoms with van der Waals surface area (Å²) >= 11 is 1.78. The van der Waals surface area contributed by atoms with Crippen LogP contribution in [0.5, 0.6) is 0 Å². The van der Waals surface area contributed by atoms with Gasteiger partial charge in [-0.3, -0.25) is 0 Å². The van der Waals surface area contributed by atoms with Crippen molar-refractivity contribution in [1.29, 1.82) is 0 Å². The molecular weight excluding hydrogens is 326 g/mol. The van der Waals surface area contributed by atoms with Gasteiger partial charge in [0.2, 0.25) is 10.0 Å². The van der Waals surface area contributed by atoms with Gasteiger partial charge in [-0.15, -0.1) is 11.3 Å². The summed E-state index contributed by atoms with van der Waals surface area (Å²) in [5.74, 6) is 0. The summed E-state index contributed by atoms with van der Waals surface area (Å²) in [4.78, 5) is 1.70. The van der Waals surface area contributed by atoms with Crippen molar-refractivity contribution in [3.63, 3.8) is 0 Å². The molecule has 1 N–H and O–H groups in total. The fourth-order valence-corrected chi connectivity index (χ4v) is 2.65. The third-order valence-corrected chi connectivity index (χ3v) is 4.73. The minimum atomic E-state index is -3.29. The molecule has 0 aliphatic heterocycles. The molecule has 23 heavy (non-hydrogen) atoms. The fourth-order valence-electron chi connectivity index (χ4n) is 1.37. The normalized spacial score (nSPS) is 12.8. The molecule has 5 heteroatoms. The predicted molar refractivity (Wildman–Crippen MR) is 105 cm³/mol. The van der Waals surface area contributed by atoms with Crippen LogP contribution in [-0.4, -0.2) is 15.5 Å². The van der Waals surface area contributed by atoms with Gasteiger partial charge in [-0.05, 0) is 50.9 Å². The van der Waals surface area contributed by atoms with E-state index in [1.54, 1.807) is 23.5 Å². The van der Waals surface area contributed by atoms with Gasteiger partial charge in [0.1, 0.15) is 0 Å². The van der Waals surface area contributed by atoms with Crippen LogP contribution in [0.15, 0.2) is 52.3 Å². The Morgan fingerprint density at radius 3 is 2.09 bits per heavy atom. The van der Waals surface area contributed by atoms with E-state index in [9.17, 15) is 8.42 Å². The number of hydrogen-bond donors (Lipinski definition) is 1. The second-order valence-corrected chi connectivity index (χ2v) is 7.16. The molecule has 0 spiro atoms. The van der Waals surface area contributed by atoms with Crippen molar-refractivity contribution in [2.24, 2.45) is 0 Å². The average Bonchev–Trinajstić information content (AvgIpc) is 2.94. The van der Waals surface area contributed by atoms with E-state index in [0.717, 1.165) is 12.0 Å². The molecule has 0 saturated carbocycles. The number of sulfonamides is 1. The molecule has 0 atom stereocenters. The van der Waals surface area contributed by atoms with E-state index in [1.807, 2.05) is 46.8 Å². The molecule has 0 saturated heterocycles. The van der Waals surface area contributed by atoms with E-state index in [0.29, 0.717) is 4.91 Å². The maximum atomic E-state index is 11.4. The molecule has 1 heterocycles. The number of nitrogens with one attached hydrogen (secondary N) is 1. The van der Waals surface area contributed by atoms with Crippen LogP contribution in [0.4, 0.5) is 0 Å². The van der Waals surface area contributed by atoms with Gasteiger partial charge in [0.15, 0.2) is 0 Å². The van der Waals surface area contributed by atoms with E-state index in [-0.39, 0.29) is 0 Å². The topological polar surface area (TPSA) is 46.2 Å². The Morgan fingerprint density at radius 2 is 1.70 bits per heavy atom. The van der Waals surface area contributed by atoms with Gasteiger partial charge >= 0.3 is 0 Å². The zero-order chi connectivity index (χ0) is 18.3. The van der Waals surface area contributed by atoms with Crippen LogP contribution < -0.4 is 4.72 Å². The lowest BCUT2D eigenvalue weighted by Crippen LogP contribution is -2.19. The first-order chi connectivity index (χ1) is 11.0. The van der Waals surface area contributed by atoms with Gasteiger partial charge in [-0.25, -0.2) is 13.1 Å². The van der Waals surface area contributed by atoms with Crippen LogP contribution in [-0.2, 0) is 10.0 Å². The number of allylic oxidation sites excluding steroid dienone is 5. The maximum Gasteiger partial charge on any atom is 0.240 e. The molecule has 1 aromatic rings. The summed E-state index contributed by atoms with van der Waals surface area (Å²) in [6, 6.07) is 4.16. The van der Waals surface area contributed by atoms with Crippen molar-refractivity contribution in [3.05, 3.63) is 57.2 Å².